The van der Waals surface area contributed by atoms with Crippen LogP contribution in [0, 0.1) is 0 Å². The second-order valence-corrected chi connectivity index (χ2v) is 6.68. The minimum absolute atomic E-state index is 1.17. The van der Waals surface area contributed by atoms with Gasteiger partial charge in [-0.25, -0.2) is 0 Å². The summed E-state index contributed by atoms with van der Waals surface area (Å²) in [6.07, 6.45) is 1.19. The van der Waals surface area contributed by atoms with Crippen molar-refractivity contribution in [2.45, 2.75) is 18.3 Å². The molecule has 0 aliphatic rings. The van der Waals surface area contributed by atoms with Gasteiger partial charge in [-0.3, -0.25) is 0 Å². The molecule has 0 aliphatic carbocycles. The third kappa shape index (κ3) is 3.55. The molecular weight excluding hydrogens is 162 g/mol. The van der Waals surface area contributed by atoms with Crippen LogP contribution in [0.15, 0.2) is 0 Å². The quantitative estimate of drug-likeness (QED) is 0.597. The van der Waals surface area contributed by atoms with Gasteiger partial charge in [0, 0.05) is 0 Å². The molecule has 0 aromatic heterocycles. The van der Waals surface area contributed by atoms with Gasteiger partial charge in [-0.2, -0.15) is 0 Å². The second-order valence-electron chi connectivity index (χ2n) is 1.69. The van der Waals surface area contributed by atoms with E-state index < -0.39 is 16.9 Å². The van der Waals surface area contributed by atoms with Crippen molar-refractivity contribution < 1.29 is 7.06 Å². The van der Waals surface area contributed by atoms with Crippen LogP contribution in [0.5, 0.6) is 0 Å². The van der Waals surface area contributed by atoms with Crippen LogP contribution < -0.4 is 0 Å². The van der Waals surface area contributed by atoms with Crippen molar-refractivity contribution in [3.63, 3.8) is 0 Å². The van der Waals surface area contributed by atoms with Crippen molar-refractivity contribution in [2.24, 2.45) is 0 Å². The summed E-state index contributed by atoms with van der Waals surface area (Å²) in [5, 5.41) is 0. The van der Waals surface area contributed by atoms with E-state index in [-0.39, 0.29) is 0 Å². The molecule has 0 rings (SSSR count). The Morgan fingerprint density at radius 1 is 1.25 bits per heavy atom. The van der Waals surface area contributed by atoms with E-state index in [0.717, 1.165) is 0 Å². The molecule has 0 fully saturated rings. The molecular formula is C5H13GaO2. The second kappa shape index (κ2) is 5.69. The van der Waals surface area contributed by atoms with E-state index >= 15 is 0 Å². The summed E-state index contributed by atoms with van der Waals surface area (Å²) in [5.41, 5.74) is 0. The van der Waals surface area contributed by atoms with E-state index in [4.69, 9.17) is 7.06 Å². The maximum absolute atomic E-state index is 5.11. The molecule has 48 valence electrons. The molecule has 0 N–H and O–H groups in total. The van der Waals surface area contributed by atoms with Crippen molar-refractivity contribution in [3.05, 3.63) is 0 Å². The van der Waals surface area contributed by atoms with Crippen molar-refractivity contribution >= 4 is 16.9 Å². The van der Waals surface area contributed by atoms with E-state index in [1.165, 1.54) is 11.4 Å². The molecule has 0 unspecified atom stereocenters. The Morgan fingerprint density at radius 3 is 1.88 bits per heavy atom. The molecule has 0 saturated heterocycles. The molecule has 0 radical (unpaired) electrons. The third-order valence-electron chi connectivity index (χ3n) is 1.05. The Hall–Kier alpha value is 0.556. The Balaban J connectivity index is 3.07. The molecule has 0 atom stereocenters. The van der Waals surface area contributed by atoms with Crippen LogP contribution in [-0.2, 0) is 7.06 Å². The average Bonchev–Trinajstić information content (AvgIpc) is 1.83. The minimum atomic E-state index is -1.61. The molecule has 0 aromatic carbocycles. The Kier molecular flexibility index (Phi) is 6.08. The fourth-order valence-electron chi connectivity index (χ4n) is 0.568. The first-order chi connectivity index (χ1) is 3.85. The summed E-state index contributed by atoms with van der Waals surface area (Å²) in [4.78, 5) is 1.17. The van der Waals surface area contributed by atoms with Gasteiger partial charge in [0.25, 0.3) is 0 Å². The third-order valence-corrected chi connectivity index (χ3v) is 5.46. The van der Waals surface area contributed by atoms with Crippen LogP contribution in [0.1, 0.15) is 13.3 Å². The van der Waals surface area contributed by atoms with Gasteiger partial charge in [-0.05, 0) is 0 Å². The van der Waals surface area contributed by atoms with E-state index in [1.807, 2.05) is 0 Å². The molecule has 0 aliphatic heterocycles. The summed E-state index contributed by atoms with van der Waals surface area (Å²) < 4.78 is 10.2. The molecule has 2 nitrogen and oxygen atoms in total. The van der Waals surface area contributed by atoms with Gasteiger partial charge in [-0.15, -0.1) is 0 Å². The Labute approximate surface area is 57.0 Å². The predicted molar refractivity (Wildman–Crippen MR) is 34.9 cm³/mol. The van der Waals surface area contributed by atoms with Gasteiger partial charge in [0.05, 0.1) is 0 Å². The van der Waals surface area contributed by atoms with Gasteiger partial charge < -0.3 is 0 Å². The van der Waals surface area contributed by atoms with Crippen LogP contribution in [0.4, 0.5) is 0 Å². The van der Waals surface area contributed by atoms with E-state index in [1.54, 1.807) is 14.2 Å². The fourth-order valence-corrected chi connectivity index (χ4v) is 2.95. The van der Waals surface area contributed by atoms with Crippen molar-refractivity contribution in [1.82, 2.24) is 0 Å². The molecule has 0 saturated carbocycles. The average molecular weight is 175 g/mol. The summed E-state index contributed by atoms with van der Waals surface area (Å²) >= 11 is -1.61. The van der Waals surface area contributed by atoms with E-state index in [9.17, 15) is 0 Å². The normalized spacial score (nSPS) is 9.38. The molecule has 0 aromatic rings. The van der Waals surface area contributed by atoms with E-state index in [0.29, 0.717) is 0 Å². The van der Waals surface area contributed by atoms with Crippen LogP contribution in [-0.4, -0.2) is 31.2 Å². The monoisotopic (exact) mass is 174 g/mol. The van der Waals surface area contributed by atoms with Crippen LogP contribution >= 0.6 is 0 Å². The Bertz CT molecular complexity index is 45.7. The first-order valence-electron chi connectivity index (χ1n) is 2.90. The molecule has 0 spiro atoms. The van der Waals surface area contributed by atoms with E-state index in [2.05, 4.69) is 6.92 Å². The van der Waals surface area contributed by atoms with Crippen LogP contribution in [0.3, 0.4) is 0 Å². The van der Waals surface area contributed by atoms with Gasteiger partial charge in [0.2, 0.25) is 0 Å². The number of hydrogen-bond donors (Lipinski definition) is 0. The molecule has 0 amide bonds. The first-order valence-corrected chi connectivity index (χ1v) is 6.59. The zero-order chi connectivity index (χ0) is 6.41. The summed E-state index contributed by atoms with van der Waals surface area (Å²) in [5.74, 6) is 0. The fraction of sp³-hybridized carbons (Fsp3) is 1.00. The molecule has 0 heterocycles. The van der Waals surface area contributed by atoms with Crippen molar-refractivity contribution in [2.75, 3.05) is 14.2 Å². The SMILES string of the molecule is CC[CH2][Ga]([O]C)[O]C. The topological polar surface area (TPSA) is 18.5 Å². The molecule has 8 heavy (non-hydrogen) atoms. The van der Waals surface area contributed by atoms with Gasteiger partial charge in [0.15, 0.2) is 0 Å². The van der Waals surface area contributed by atoms with Gasteiger partial charge in [-0.1, -0.05) is 0 Å². The van der Waals surface area contributed by atoms with Crippen molar-refractivity contribution in [3.8, 4) is 0 Å². The van der Waals surface area contributed by atoms with Crippen molar-refractivity contribution in [1.29, 1.82) is 0 Å². The predicted octanol–water partition coefficient (Wildman–Crippen LogP) is 1.18. The molecule has 3 heteroatoms. The first kappa shape index (κ1) is 8.56. The maximum atomic E-state index is 5.11. The summed E-state index contributed by atoms with van der Waals surface area (Å²) in [6, 6.07) is 0. The standard InChI is InChI=1S/C3H7.2CH3O.Ga/c1-3-2;2*1-2;/h1,3H2,2H3;2*1H3;/q;2*-1;+2. The van der Waals surface area contributed by atoms with Crippen LogP contribution in [0.25, 0.3) is 0 Å². The Morgan fingerprint density at radius 2 is 1.75 bits per heavy atom. The molecule has 0 bridgehead atoms. The zero-order valence-corrected chi connectivity index (χ0v) is 8.23. The number of hydrogen-bond acceptors (Lipinski definition) is 2. The summed E-state index contributed by atoms with van der Waals surface area (Å²) in [7, 11) is 3.48. The van der Waals surface area contributed by atoms with Crippen LogP contribution in [0.2, 0.25) is 4.98 Å². The zero-order valence-electron chi connectivity index (χ0n) is 5.81. The van der Waals surface area contributed by atoms with Gasteiger partial charge in [0.1, 0.15) is 0 Å². The van der Waals surface area contributed by atoms with Gasteiger partial charge >= 0.3 is 56.5 Å². The number of rotatable bonds is 4. The summed E-state index contributed by atoms with van der Waals surface area (Å²) in [6.45, 7) is 2.15.